The molecular formula is C22H18N2O3. The van der Waals surface area contributed by atoms with Crippen LogP contribution < -0.4 is 9.75 Å². The van der Waals surface area contributed by atoms with Crippen molar-refractivity contribution >= 4 is 17.4 Å². The Labute approximate surface area is 157 Å². The molecule has 1 unspecified atom stereocenters. The van der Waals surface area contributed by atoms with Crippen LogP contribution in [0.25, 0.3) is 0 Å². The normalized spacial score (nSPS) is 16.1. The third-order valence-corrected chi connectivity index (χ3v) is 4.42. The SMILES string of the molecule is O=C(O)C1=NN(c2ccc(Oc3ccccc3)cc2)C(c2ccccc2)C1. The average molecular weight is 358 g/mol. The highest BCUT2D eigenvalue weighted by Gasteiger charge is 2.32. The number of anilines is 1. The monoisotopic (exact) mass is 358 g/mol. The molecular weight excluding hydrogens is 340 g/mol. The summed E-state index contributed by atoms with van der Waals surface area (Å²) in [6, 6.07) is 26.7. The molecule has 0 saturated carbocycles. The Balaban J connectivity index is 1.60. The second kappa shape index (κ2) is 7.33. The predicted octanol–water partition coefficient (Wildman–Crippen LogP) is 4.87. The van der Waals surface area contributed by atoms with Crippen LogP contribution in [0.4, 0.5) is 5.69 Å². The molecule has 0 bridgehead atoms. The van der Waals surface area contributed by atoms with Gasteiger partial charge in [0, 0.05) is 6.42 Å². The summed E-state index contributed by atoms with van der Waals surface area (Å²) in [6.07, 6.45) is 0.363. The van der Waals surface area contributed by atoms with E-state index in [0.717, 1.165) is 17.0 Å². The quantitative estimate of drug-likeness (QED) is 0.707. The third-order valence-electron chi connectivity index (χ3n) is 4.42. The number of carboxylic acids is 1. The fourth-order valence-corrected chi connectivity index (χ4v) is 3.10. The van der Waals surface area contributed by atoms with Crippen molar-refractivity contribution in [1.82, 2.24) is 0 Å². The Kier molecular flexibility index (Phi) is 4.58. The van der Waals surface area contributed by atoms with Gasteiger partial charge in [0.25, 0.3) is 0 Å². The van der Waals surface area contributed by atoms with Crippen molar-refractivity contribution in [3.63, 3.8) is 0 Å². The maximum atomic E-state index is 11.4. The molecule has 27 heavy (non-hydrogen) atoms. The van der Waals surface area contributed by atoms with Gasteiger partial charge in [-0.2, -0.15) is 5.10 Å². The van der Waals surface area contributed by atoms with Gasteiger partial charge in [0.2, 0.25) is 0 Å². The van der Waals surface area contributed by atoms with E-state index in [-0.39, 0.29) is 11.8 Å². The number of ether oxygens (including phenoxy) is 1. The van der Waals surface area contributed by atoms with Gasteiger partial charge in [0.1, 0.15) is 17.2 Å². The van der Waals surface area contributed by atoms with Gasteiger partial charge >= 0.3 is 5.97 Å². The minimum atomic E-state index is -0.984. The molecule has 1 aliphatic heterocycles. The standard InChI is InChI=1S/C22H18N2O3/c25-22(26)20-15-21(16-7-3-1-4-8-16)24(23-20)17-11-13-19(14-12-17)27-18-9-5-2-6-10-18/h1-14,21H,15H2,(H,25,26). The van der Waals surface area contributed by atoms with Crippen molar-refractivity contribution in [2.45, 2.75) is 12.5 Å². The molecule has 0 radical (unpaired) electrons. The van der Waals surface area contributed by atoms with E-state index in [0.29, 0.717) is 12.2 Å². The number of benzene rings is 3. The minimum absolute atomic E-state index is 0.141. The number of hydrazone groups is 1. The van der Waals surface area contributed by atoms with Crippen molar-refractivity contribution in [3.8, 4) is 11.5 Å². The van der Waals surface area contributed by atoms with Crippen LogP contribution in [0.5, 0.6) is 11.5 Å². The van der Waals surface area contributed by atoms with E-state index >= 15 is 0 Å². The Bertz CT molecular complexity index is 954. The van der Waals surface area contributed by atoms with Crippen molar-refractivity contribution in [2.75, 3.05) is 5.01 Å². The summed E-state index contributed by atoms with van der Waals surface area (Å²) in [5.41, 5.74) is 2.01. The van der Waals surface area contributed by atoms with Gasteiger partial charge in [-0.05, 0) is 42.0 Å². The van der Waals surface area contributed by atoms with Crippen LogP contribution >= 0.6 is 0 Å². The smallest absolute Gasteiger partial charge is 0.352 e. The van der Waals surface area contributed by atoms with E-state index in [1.54, 1.807) is 5.01 Å². The summed E-state index contributed by atoms with van der Waals surface area (Å²) >= 11 is 0. The number of nitrogens with zero attached hydrogens (tertiary/aromatic N) is 2. The van der Waals surface area contributed by atoms with Crippen LogP contribution in [0.1, 0.15) is 18.0 Å². The van der Waals surface area contributed by atoms with Crippen LogP contribution in [0.15, 0.2) is 90.0 Å². The van der Waals surface area contributed by atoms with Crippen LogP contribution in [-0.4, -0.2) is 16.8 Å². The van der Waals surface area contributed by atoms with Crippen LogP contribution in [0, 0.1) is 0 Å². The lowest BCUT2D eigenvalue weighted by Crippen LogP contribution is -2.18. The molecule has 1 N–H and O–H groups in total. The number of hydrogen-bond acceptors (Lipinski definition) is 4. The van der Waals surface area contributed by atoms with Crippen molar-refractivity contribution in [2.24, 2.45) is 5.10 Å². The minimum Gasteiger partial charge on any atom is -0.477 e. The second-order valence-electron chi connectivity index (χ2n) is 6.24. The van der Waals surface area contributed by atoms with Crippen LogP contribution in [0.2, 0.25) is 0 Å². The Hall–Kier alpha value is -3.60. The number of hydrogen-bond donors (Lipinski definition) is 1. The maximum absolute atomic E-state index is 11.4. The molecule has 134 valence electrons. The summed E-state index contributed by atoms with van der Waals surface area (Å²) in [4.78, 5) is 11.4. The molecule has 4 rings (SSSR count). The van der Waals surface area contributed by atoms with E-state index in [9.17, 15) is 9.90 Å². The number of aliphatic carboxylic acids is 1. The highest BCUT2D eigenvalue weighted by atomic mass is 16.5. The third kappa shape index (κ3) is 3.67. The van der Waals surface area contributed by atoms with Crippen LogP contribution in [-0.2, 0) is 4.79 Å². The van der Waals surface area contributed by atoms with E-state index in [2.05, 4.69) is 5.10 Å². The molecule has 1 heterocycles. The zero-order valence-electron chi connectivity index (χ0n) is 14.5. The number of carbonyl (C=O) groups is 1. The number of para-hydroxylation sites is 1. The first-order valence-corrected chi connectivity index (χ1v) is 8.68. The molecule has 0 fully saturated rings. The van der Waals surface area contributed by atoms with E-state index < -0.39 is 5.97 Å². The summed E-state index contributed by atoms with van der Waals surface area (Å²) in [5.74, 6) is 0.491. The van der Waals surface area contributed by atoms with Crippen molar-refractivity contribution in [3.05, 3.63) is 90.5 Å². The molecule has 0 aromatic heterocycles. The maximum Gasteiger partial charge on any atom is 0.352 e. The summed E-state index contributed by atoms with van der Waals surface area (Å²) < 4.78 is 5.82. The lowest BCUT2D eigenvalue weighted by molar-refractivity contribution is -0.129. The Morgan fingerprint density at radius 1 is 0.889 bits per heavy atom. The van der Waals surface area contributed by atoms with Crippen molar-refractivity contribution in [1.29, 1.82) is 0 Å². The van der Waals surface area contributed by atoms with Gasteiger partial charge in [-0.3, -0.25) is 5.01 Å². The molecule has 1 aliphatic rings. The van der Waals surface area contributed by atoms with E-state index in [1.807, 2.05) is 84.9 Å². The van der Waals surface area contributed by atoms with Gasteiger partial charge in [0.15, 0.2) is 0 Å². The topological polar surface area (TPSA) is 62.1 Å². The van der Waals surface area contributed by atoms with Gasteiger partial charge < -0.3 is 9.84 Å². The number of carboxylic acid groups (broad SMARTS) is 1. The molecule has 0 aliphatic carbocycles. The largest absolute Gasteiger partial charge is 0.477 e. The zero-order valence-corrected chi connectivity index (χ0v) is 14.5. The fraction of sp³-hybridized carbons (Fsp3) is 0.0909. The molecule has 0 saturated heterocycles. The molecule has 0 spiro atoms. The first-order chi connectivity index (χ1) is 13.2. The van der Waals surface area contributed by atoms with Gasteiger partial charge in [0.05, 0.1) is 11.7 Å². The molecule has 3 aromatic rings. The van der Waals surface area contributed by atoms with Gasteiger partial charge in [-0.1, -0.05) is 48.5 Å². The summed E-state index contributed by atoms with van der Waals surface area (Å²) in [6.45, 7) is 0. The highest BCUT2D eigenvalue weighted by Crippen LogP contribution is 2.36. The predicted molar refractivity (Wildman–Crippen MR) is 104 cm³/mol. The lowest BCUT2D eigenvalue weighted by atomic mass is 10.0. The molecule has 5 heteroatoms. The first kappa shape index (κ1) is 16.8. The second-order valence-corrected chi connectivity index (χ2v) is 6.24. The average Bonchev–Trinajstić information content (AvgIpc) is 3.16. The Morgan fingerprint density at radius 2 is 1.48 bits per heavy atom. The van der Waals surface area contributed by atoms with E-state index in [4.69, 9.17) is 4.74 Å². The molecule has 5 nitrogen and oxygen atoms in total. The summed E-state index contributed by atoms with van der Waals surface area (Å²) in [5, 5.41) is 15.5. The van der Waals surface area contributed by atoms with Crippen LogP contribution in [0.3, 0.4) is 0 Å². The number of rotatable bonds is 5. The van der Waals surface area contributed by atoms with Gasteiger partial charge in [-0.25, -0.2) is 4.79 Å². The molecule has 1 atom stereocenters. The van der Waals surface area contributed by atoms with Gasteiger partial charge in [-0.15, -0.1) is 0 Å². The molecule has 3 aromatic carbocycles. The summed E-state index contributed by atoms with van der Waals surface area (Å²) in [7, 11) is 0. The lowest BCUT2D eigenvalue weighted by Gasteiger charge is -2.24. The van der Waals surface area contributed by atoms with E-state index in [1.165, 1.54) is 0 Å². The molecule has 0 amide bonds. The fourth-order valence-electron chi connectivity index (χ4n) is 3.10. The first-order valence-electron chi connectivity index (χ1n) is 8.68. The van der Waals surface area contributed by atoms with Crippen molar-refractivity contribution < 1.29 is 14.6 Å². The Morgan fingerprint density at radius 3 is 2.11 bits per heavy atom. The highest BCUT2D eigenvalue weighted by molar-refractivity contribution is 6.36. The zero-order chi connectivity index (χ0) is 18.6.